The van der Waals surface area contributed by atoms with E-state index in [1.807, 2.05) is 90.1 Å². The van der Waals surface area contributed by atoms with Gasteiger partial charge in [-0.1, -0.05) is 75.7 Å². The van der Waals surface area contributed by atoms with E-state index in [1.54, 1.807) is 25.7 Å². The van der Waals surface area contributed by atoms with Gasteiger partial charge in [0.15, 0.2) is 0 Å². The lowest BCUT2D eigenvalue weighted by molar-refractivity contribution is -0.146. The lowest BCUT2D eigenvalue weighted by Crippen LogP contribution is -2.57. The summed E-state index contributed by atoms with van der Waals surface area (Å²) in [6.07, 6.45) is 0.648. The summed E-state index contributed by atoms with van der Waals surface area (Å²) in [6, 6.07) is 13.5. The van der Waals surface area contributed by atoms with Crippen LogP contribution < -0.4 is 10.6 Å². The number of nitrogens with one attached hydrogen (secondary N) is 2. The lowest BCUT2D eigenvalue weighted by atomic mass is 9.91. The molecule has 0 aliphatic heterocycles. The van der Waals surface area contributed by atoms with Crippen molar-refractivity contribution in [2.45, 2.75) is 105 Å². The predicted octanol–water partition coefficient (Wildman–Crippen LogP) is 6.23. The van der Waals surface area contributed by atoms with Gasteiger partial charge in [0.2, 0.25) is 11.8 Å². The van der Waals surface area contributed by atoms with Crippen molar-refractivity contribution in [2.75, 3.05) is 0 Å². The fourth-order valence-corrected chi connectivity index (χ4v) is 4.44. The summed E-state index contributed by atoms with van der Waals surface area (Å²) in [5.74, 6) is -0.741. The standard InChI is InChI=1S/C32H47N3O4/c1-10-21(3)27(34-31(38)39-32(7,8)9)30(37)35(23(5)11-2)28(26-19-15-16-22(4)24(26)6)29(36)33-20-25-17-13-12-14-18-25/h12-19,21,23,27-28H,10-11,20H2,1-9H3,(H,33,36)(H,34,38). The molecule has 2 rings (SSSR count). The Kier molecular flexibility index (Phi) is 11.6. The lowest BCUT2D eigenvalue weighted by Gasteiger charge is -2.40. The van der Waals surface area contributed by atoms with Gasteiger partial charge < -0.3 is 20.3 Å². The number of carbonyl (C=O) groups is 3. The summed E-state index contributed by atoms with van der Waals surface area (Å²) in [6.45, 7) is 17.5. The molecule has 2 N–H and O–H groups in total. The van der Waals surface area contributed by atoms with Crippen LogP contribution in [0.15, 0.2) is 48.5 Å². The smallest absolute Gasteiger partial charge is 0.408 e. The van der Waals surface area contributed by atoms with E-state index >= 15 is 0 Å². The van der Waals surface area contributed by atoms with E-state index < -0.39 is 23.8 Å². The highest BCUT2D eigenvalue weighted by molar-refractivity contribution is 5.92. The van der Waals surface area contributed by atoms with E-state index in [0.717, 1.165) is 22.3 Å². The van der Waals surface area contributed by atoms with Crippen LogP contribution in [0, 0.1) is 19.8 Å². The molecule has 0 heterocycles. The SMILES string of the molecule is CCC(C)C(NC(=O)OC(C)(C)C)C(=O)N(C(C)CC)C(C(=O)NCc1ccccc1)c1cccc(C)c1C. The third-order valence-electron chi connectivity index (χ3n) is 7.25. The summed E-state index contributed by atoms with van der Waals surface area (Å²) < 4.78 is 5.49. The van der Waals surface area contributed by atoms with Crippen LogP contribution in [0.2, 0.25) is 0 Å². The van der Waals surface area contributed by atoms with Gasteiger partial charge in [-0.3, -0.25) is 9.59 Å². The predicted molar refractivity (Wildman–Crippen MR) is 156 cm³/mol. The minimum absolute atomic E-state index is 0.178. The molecule has 0 spiro atoms. The Labute approximate surface area is 234 Å². The molecule has 7 heteroatoms. The second kappa shape index (κ2) is 14.2. The maximum absolute atomic E-state index is 14.4. The molecule has 4 atom stereocenters. The van der Waals surface area contributed by atoms with Crippen molar-refractivity contribution in [2.24, 2.45) is 5.92 Å². The summed E-state index contributed by atoms with van der Waals surface area (Å²) >= 11 is 0. The second-order valence-corrected chi connectivity index (χ2v) is 11.4. The molecular weight excluding hydrogens is 490 g/mol. The van der Waals surface area contributed by atoms with Crippen LogP contribution in [-0.2, 0) is 20.9 Å². The first kappa shape index (κ1) is 31.9. The van der Waals surface area contributed by atoms with Gasteiger partial charge in [0, 0.05) is 12.6 Å². The molecule has 39 heavy (non-hydrogen) atoms. The summed E-state index contributed by atoms with van der Waals surface area (Å²) in [7, 11) is 0. The maximum Gasteiger partial charge on any atom is 0.408 e. The highest BCUT2D eigenvalue weighted by atomic mass is 16.6. The van der Waals surface area contributed by atoms with Crippen molar-refractivity contribution < 1.29 is 19.1 Å². The number of hydrogen-bond acceptors (Lipinski definition) is 4. The van der Waals surface area contributed by atoms with Gasteiger partial charge in [-0.15, -0.1) is 0 Å². The average Bonchev–Trinajstić information content (AvgIpc) is 2.89. The Morgan fingerprint density at radius 3 is 2.13 bits per heavy atom. The highest BCUT2D eigenvalue weighted by Gasteiger charge is 2.40. The Bertz CT molecular complexity index is 1110. The van der Waals surface area contributed by atoms with E-state index in [2.05, 4.69) is 10.6 Å². The number of aryl methyl sites for hydroxylation is 1. The zero-order valence-electron chi connectivity index (χ0n) is 25.1. The van der Waals surface area contributed by atoms with Crippen LogP contribution in [-0.4, -0.2) is 40.5 Å². The van der Waals surface area contributed by atoms with Gasteiger partial charge in [-0.05, 0) is 76.1 Å². The summed E-state index contributed by atoms with van der Waals surface area (Å²) in [4.78, 5) is 42.9. The molecule has 0 saturated carbocycles. The molecule has 0 bridgehead atoms. The maximum atomic E-state index is 14.4. The second-order valence-electron chi connectivity index (χ2n) is 11.4. The van der Waals surface area contributed by atoms with E-state index in [4.69, 9.17) is 4.74 Å². The number of amides is 3. The number of benzene rings is 2. The van der Waals surface area contributed by atoms with Crippen LogP contribution in [0.1, 0.15) is 89.6 Å². The summed E-state index contributed by atoms with van der Waals surface area (Å²) in [5, 5.41) is 5.90. The molecular formula is C32H47N3O4. The minimum atomic E-state index is -0.872. The molecule has 0 aromatic heterocycles. The van der Waals surface area contributed by atoms with Crippen molar-refractivity contribution in [3.63, 3.8) is 0 Å². The fraction of sp³-hybridized carbons (Fsp3) is 0.531. The zero-order chi connectivity index (χ0) is 29.3. The Hall–Kier alpha value is -3.35. The largest absolute Gasteiger partial charge is 0.444 e. The van der Waals surface area contributed by atoms with Crippen molar-refractivity contribution in [3.8, 4) is 0 Å². The van der Waals surface area contributed by atoms with Gasteiger partial charge >= 0.3 is 6.09 Å². The first-order chi connectivity index (χ1) is 18.3. The Balaban J connectivity index is 2.57. The number of carbonyl (C=O) groups excluding carboxylic acids is 3. The normalized spacial score (nSPS) is 14.5. The fourth-order valence-electron chi connectivity index (χ4n) is 4.44. The van der Waals surface area contributed by atoms with Gasteiger partial charge in [0.1, 0.15) is 17.7 Å². The summed E-state index contributed by atoms with van der Waals surface area (Å²) in [5.41, 5.74) is 3.03. The molecule has 214 valence electrons. The first-order valence-corrected chi connectivity index (χ1v) is 14.0. The van der Waals surface area contributed by atoms with E-state index in [1.165, 1.54) is 0 Å². The van der Waals surface area contributed by atoms with Gasteiger partial charge in [-0.2, -0.15) is 0 Å². The molecule has 2 aromatic carbocycles. The molecule has 0 radical (unpaired) electrons. The molecule has 0 aliphatic rings. The quantitative estimate of drug-likeness (QED) is 0.356. The molecule has 2 aromatic rings. The molecule has 3 amide bonds. The van der Waals surface area contributed by atoms with Crippen LogP contribution in [0.5, 0.6) is 0 Å². The third-order valence-corrected chi connectivity index (χ3v) is 7.25. The third kappa shape index (κ3) is 8.84. The molecule has 0 fully saturated rings. The van der Waals surface area contributed by atoms with Crippen molar-refractivity contribution >= 4 is 17.9 Å². The number of nitrogens with zero attached hydrogens (tertiary/aromatic N) is 1. The molecule has 0 aliphatic carbocycles. The monoisotopic (exact) mass is 537 g/mol. The van der Waals surface area contributed by atoms with Crippen molar-refractivity contribution in [3.05, 3.63) is 70.8 Å². The first-order valence-electron chi connectivity index (χ1n) is 14.0. The van der Waals surface area contributed by atoms with Crippen molar-refractivity contribution in [1.29, 1.82) is 0 Å². The topological polar surface area (TPSA) is 87.7 Å². The number of rotatable bonds is 11. The Morgan fingerprint density at radius 1 is 0.923 bits per heavy atom. The number of alkyl carbamates (subject to hydrolysis) is 1. The van der Waals surface area contributed by atoms with Gasteiger partial charge in [0.05, 0.1) is 0 Å². The van der Waals surface area contributed by atoms with Crippen LogP contribution >= 0.6 is 0 Å². The number of ether oxygens (including phenoxy) is 1. The van der Waals surface area contributed by atoms with E-state index in [-0.39, 0.29) is 23.8 Å². The molecule has 7 nitrogen and oxygen atoms in total. The zero-order valence-corrected chi connectivity index (χ0v) is 25.1. The average molecular weight is 538 g/mol. The molecule has 4 unspecified atom stereocenters. The molecule has 0 saturated heterocycles. The van der Waals surface area contributed by atoms with E-state index in [0.29, 0.717) is 19.4 Å². The van der Waals surface area contributed by atoms with Crippen molar-refractivity contribution in [1.82, 2.24) is 15.5 Å². The minimum Gasteiger partial charge on any atom is -0.444 e. The van der Waals surface area contributed by atoms with Gasteiger partial charge in [0.25, 0.3) is 0 Å². The van der Waals surface area contributed by atoms with Crippen LogP contribution in [0.25, 0.3) is 0 Å². The van der Waals surface area contributed by atoms with Gasteiger partial charge in [-0.25, -0.2) is 4.79 Å². The highest BCUT2D eigenvalue weighted by Crippen LogP contribution is 2.31. The Morgan fingerprint density at radius 2 is 1.56 bits per heavy atom. The van der Waals surface area contributed by atoms with Crippen LogP contribution in [0.3, 0.4) is 0 Å². The van der Waals surface area contributed by atoms with E-state index in [9.17, 15) is 14.4 Å². The van der Waals surface area contributed by atoms with Crippen LogP contribution in [0.4, 0.5) is 4.79 Å². The number of hydrogen-bond donors (Lipinski definition) is 2.